The normalized spacial score (nSPS) is 17.9. The quantitative estimate of drug-likeness (QED) is 0.587. The van der Waals surface area contributed by atoms with Crippen LogP contribution in [0.25, 0.3) is 22.6 Å². The van der Waals surface area contributed by atoms with Gasteiger partial charge in [-0.3, -0.25) is 9.69 Å². The van der Waals surface area contributed by atoms with Crippen LogP contribution in [0.5, 0.6) is 0 Å². The number of halogens is 2. The number of aromatic nitrogens is 1. The molecule has 1 aliphatic carbocycles. The van der Waals surface area contributed by atoms with E-state index in [0.717, 1.165) is 60.5 Å². The minimum Gasteiger partial charge on any atom is -0.351 e. The van der Waals surface area contributed by atoms with Crippen molar-refractivity contribution in [1.29, 1.82) is 0 Å². The zero-order valence-corrected chi connectivity index (χ0v) is 20.0. The number of para-hydroxylation sites is 1. The molecule has 1 fully saturated rings. The van der Waals surface area contributed by atoms with Crippen molar-refractivity contribution in [3.8, 4) is 0 Å². The Morgan fingerprint density at radius 1 is 1.12 bits per heavy atom. The lowest BCUT2D eigenvalue weighted by molar-refractivity contribution is 0.0941. The summed E-state index contributed by atoms with van der Waals surface area (Å²) in [6.45, 7) is 5.58. The molecule has 1 N–H and O–H groups in total. The summed E-state index contributed by atoms with van der Waals surface area (Å²) in [5, 5.41) is 4.35. The molecule has 0 atom stereocenters. The number of nitrogens with one attached hydrogen (secondary N) is 1. The van der Waals surface area contributed by atoms with Gasteiger partial charge in [0.15, 0.2) is 0 Å². The Morgan fingerprint density at radius 2 is 1.91 bits per heavy atom. The summed E-state index contributed by atoms with van der Waals surface area (Å²) in [4.78, 5) is 23.0. The Kier molecular flexibility index (Phi) is 6.63. The lowest BCUT2D eigenvalue weighted by Gasteiger charge is -2.32. The predicted octanol–water partition coefficient (Wildman–Crippen LogP) is 4.49. The van der Waals surface area contributed by atoms with Gasteiger partial charge in [0.05, 0.1) is 21.8 Å². The van der Waals surface area contributed by atoms with Crippen molar-refractivity contribution in [3.05, 3.63) is 75.7 Å². The molecule has 1 amide bonds. The monoisotopic (exact) mass is 478 g/mol. The summed E-state index contributed by atoms with van der Waals surface area (Å²) in [6, 6.07) is 12.4. The molecule has 7 heteroatoms. The summed E-state index contributed by atoms with van der Waals surface area (Å²) in [7, 11) is 2.14. The van der Waals surface area contributed by atoms with E-state index < -0.39 is 0 Å². The van der Waals surface area contributed by atoms with E-state index in [1.54, 1.807) is 18.2 Å². The smallest absolute Gasteiger partial charge is 0.252 e. The number of pyridine rings is 1. The van der Waals surface area contributed by atoms with Crippen LogP contribution in [0.4, 0.5) is 4.39 Å². The number of nitrogens with zero attached hydrogens (tertiary/aromatic N) is 3. The Bertz CT molecular complexity index is 1250. The second-order valence-electron chi connectivity index (χ2n) is 9.04. The fraction of sp³-hybridized carbons (Fsp3) is 0.333. The van der Waals surface area contributed by atoms with Crippen LogP contribution in [-0.2, 0) is 6.42 Å². The third-order valence-electron chi connectivity index (χ3n) is 6.80. The Labute approximate surface area is 204 Å². The first kappa shape index (κ1) is 23.0. The third kappa shape index (κ3) is 4.58. The molecule has 1 aromatic heterocycles. The van der Waals surface area contributed by atoms with Gasteiger partial charge in [0.25, 0.3) is 5.91 Å². The Morgan fingerprint density at radius 3 is 2.71 bits per heavy atom. The van der Waals surface area contributed by atoms with Crippen LogP contribution in [-0.4, -0.2) is 67.0 Å². The molecule has 0 saturated carbocycles. The standard InChI is InChI=1S/C27H28ClFN4O/c1-32-13-15-33(16-14-32)12-11-30-27(34)25-19-5-2-3-8-24(19)31-26-18(9-10-20(25)26)17-21-22(28)6-4-7-23(21)29/h2-8,17H,9-16H2,1H3,(H,30,34)/b18-17-. The highest BCUT2D eigenvalue weighted by atomic mass is 35.5. The van der Waals surface area contributed by atoms with E-state index in [9.17, 15) is 9.18 Å². The van der Waals surface area contributed by atoms with Crippen molar-refractivity contribution in [2.75, 3.05) is 46.3 Å². The van der Waals surface area contributed by atoms with E-state index in [1.165, 1.54) is 6.07 Å². The van der Waals surface area contributed by atoms with Gasteiger partial charge in [0.2, 0.25) is 0 Å². The molecular weight excluding hydrogens is 451 g/mol. The molecule has 1 saturated heterocycles. The lowest BCUT2D eigenvalue weighted by Crippen LogP contribution is -2.47. The van der Waals surface area contributed by atoms with E-state index in [4.69, 9.17) is 16.6 Å². The highest BCUT2D eigenvalue weighted by Gasteiger charge is 2.27. The minimum absolute atomic E-state index is 0.0749. The summed E-state index contributed by atoms with van der Waals surface area (Å²) >= 11 is 6.27. The number of hydrogen-bond acceptors (Lipinski definition) is 4. The molecule has 5 nitrogen and oxygen atoms in total. The number of likely N-dealkylation sites (N-methyl/N-ethyl adjacent to an activating group) is 1. The van der Waals surface area contributed by atoms with Crippen molar-refractivity contribution in [1.82, 2.24) is 20.1 Å². The van der Waals surface area contributed by atoms with Crippen molar-refractivity contribution in [3.63, 3.8) is 0 Å². The molecule has 1 aliphatic heterocycles. The number of benzene rings is 2. The van der Waals surface area contributed by atoms with Crippen LogP contribution < -0.4 is 5.32 Å². The maximum Gasteiger partial charge on any atom is 0.252 e. The molecule has 2 heterocycles. The number of carbonyl (C=O) groups excluding carboxylic acids is 1. The Balaban J connectivity index is 1.45. The molecule has 2 aromatic carbocycles. The second kappa shape index (κ2) is 9.82. The molecule has 0 unspecified atom stereocenters. The first-order valence-corrected chi connectivity index (χ1v) is 12.1. The highest BCUT2D eigenvalue weighted by molar-refractivity contribution is 6.32. The number of carbonyl (C=O) groups is 1. The van der Waals surface area contributed by atoms with Gasteiger partial charge in [-0.1, -0.05) is 35.9 Å². The summed E-state index contributed by atoms with van der Waals surface area (Å²) in [5.41, 5.74) is 4.40. The maximum atomic E-state index is 14.4. The number of hydrogen-bond donors (Lipinski definition) is 1. The van der Waals surface area contributed by atoms with Crippen LogP contribution in [0.2, 0.25) is 5.02 Å². The van der Waals surface area contributed by atoms with Gasteiger partial charge in [-0.05, 0) is 55.3 Å². The average Bonchev–Trinajstić information content (AvgIpc) is 3.23. The van der Waals surface area contributed by atoms with E-state index >= 15 is 0 Å². The van der Waals surface area contributed by atoms with Crippen molar-refractivity contribution >= 4 is 40.1 Å². The second-order valence-corrected chi connectivity index (χ2v) is 9.44. The van der Waals surface area contributed by atoms with E-state index in [0.29, 0.717) is 35.5 Å². The molecule has 2 aliphatic rings. The minimum atomic E-state index is -0.365. The summed E-state index contributed by atoms with van der Waals surface area (Å²) < 4.78 is 14.4. The fourth-order valence-corrected chi connectivity index (χ4v) is 5.07. The average molecular weight is 479 g/mol. The van der Waals surface area contributed by atoms with Gasteiger partial charge in [-0.2, -0.15) is 0 Å². The first-order chi connectivity index (χ1) is 16.5. The van der Waals surface area contributed by atoms with Gasteiger partial charge < -0.3 is 10.2 Å². The number of amides is 1. The zero-order chi connectivity index (χ0) is 23.7. The topological polar surface area (TPSA) is 48.5 Å². The van der Waals surface area contributed by atoms with Gasteiger partial charge in [-0.25, -0.2) is 9.37 Å². The van der Waals surface area contributed by atoms with Crippen LogP contribution in [0.1, 0.15) is 33.6 Å². The maximum absolute atomic E-state index is 14.4. The van der Waals surface area contributed by atoms with Crippen molar-refractivity contribution in [2.24, 2.45) is 0 Å². The molecule has 0 bridgehead atoms. The predicted molar refractivity (Wildman–Crippen MR) is 136 cm³/mol. The van der Waals surface area contributed by atoms with Gasteiger partial charge >= 0.3 is 0 Å². The summed E-state index contributed by atoms with van der Waals surface area (Å²) in [6.07, 6.45) is 3.15. The van der Waals surface area contributed by atoms with Crippen LogP contribution in [0.3, 0.4) is 0 Å². The van der Waals surface area contributed by atoms with Crippen molar-refractivity contribution < 1.29 is 9.18 Å². The first-order valence-electron chi connectivity index (χ1n) is 11.8. The van der Waals surface area contributed by atoms with Crippen LogP contribution >= 0.6 is 11.6 Å². The fourth-order valence-electron chi connectivity index (χ4n) is 4.85. The third-order valence-corrected chi connectivity index (χ3v) is 7.13. The van der Waals surface area contributed by atoms with Gasteiger partial charge in [0, 0.05) is 50.2 Å². The molecule has 176 valence electrons. The number of rotatable bonds is 5. The van der Waals surface area contributed by atoms with Gasteiger partial charge in [0.1, 0.15) is 5.82 Å². The molecule has 0 spiro atoms. The highest BCUT2D eigenvalue weighted by Crippen LogP contribution is 2.38. The largest absolute Gasteiger partial charge is 0.351 e. The van der Waals surface area contributed by atoms with Crippen LogP contribution in [0.15, 0.2) is 42.5 Å². The molecular formula is C27H28ClFN4O. The number of allylic oxidation sites excluding steroid dienone is 1. The van der Waals surface area contributed by atoms with E-state index in [1.807, 2.05) is 24.3 Å². The van der Waals surface area contributed by atoms with Crippen molar-refractivity contribution in [2.45, 2.75) is 12.8 Å². The van der Waals surface area contributed by atoms with E-state index in [-0.39, 0.29) is 11.7 Å². The number of fused-ring (bicyclic) bond motifs is 2. The number of piperazine rings is 1. The Hall–Kier alpha value is -2.80. The van der Waals surface area contributed by atoms with E-state index in [2.05, 4.69) is 22.2 Å². The van der Waals surface area contributed by atoms with Crippen LogP contribution in [0, 0.1) is 5.82 Å². The molecule has 34 heavy (non-hydrogen) atoms. The summed E-state index contributed by atoms with van der Waals surface area (Å²) in [5.74, 6) is -0.440. The lowest BCUT2D eigenvalue weighted by atomic mass is 10.00. The SMILES string of the molecule is CN1CCN(CCNC(=O)c2c3c(nc4ccccc24)/C(=C\c2c(F)cccc2Cl)CC3)CC1. The molecule has 5 rings (SSSR count). The molecule has 0 radical (unpaired) electrons. The molecule has 3 aromatic rings. The zero-order valence-electron chi connectivity index (χ0n) is 19.3. The van der Waals surface area contributed by atoms with Gasteiger partial charge in [-0.15, -0.1) is 0 Å².